The van der Waals surface area contributed by atoms with Crippen LogP contribution in [0.15, 0.2) is 18.3 Å². The van der Waals surface area contributed by atoms with Crippen molar-refractivity contribution in [3.05, 3.63) is 29.8 Å². The molecule has 2 N–H and O–H groups in total. The standard InChI is InChI=1S/C13H17FN2O3/c1-13(2,3)6-10(12(18)19)16-11(17)9-5-4-8(14)7-15-9/h4-5,7,10H,6H2,1-3H3,(H,16,17)(H,18,19). The molecule has 1 amide bonds. The molecule has 104 valence electrons. The molecular formula is C13H17FN2O3. The molecule has 0 saturated heterocycles. The van der Waals surface area contributed by atoms with E-state index in [9.17, 15) is 14.0 Å². The summed E-state index contributed by atoms with van der Waals surface area (Å²) in [5, 5.41) is 11.5. The van der Waals surface area contributed by atoms with Crippen molar-refractivity contribution in [2.45, 2.75) is 33.2 Å². The summed E-state index contributed by atoms with van der Waals surface area (Å²) in [6, 6.07) is 1.31. The van der Waals surface area contributed by atoms with E-state index in [1.165, 1.54) is 6.07 Å². The molecule has 1 atom stereocenters. The number of pyridine rings is 1. The fourth-order valence-electron chi connectivity index (χ4n) is 1.55. The molecule has 0 saturated carbocycles. The van der Waals surface area contributed by atoms with Crippen molar-refractivity contribution in [1.29, 1.82) is 0 Å². The van der Waals surface area contributed by atoms with E-state index in [0.29, 0.717) is 0 Å². The average Bonchev–Trinajstić information content (AvgIpc) is 2.27. The van der Waals surface area contributed by atoms with Gasteiger partial charge in [0.2, 0.25) is 0 Å². The van der Waals surface area contributed by atoms with E-state index in [1.807, 2.05) is 20.8 Å². The van der Waals surface area contributed by atoms with Crippen LogP contribution in [0.3, 0.4) is 0 Å². The lowest BCUT2D eigenvalue weighted by Gasteiger charge is -2.23. The zero-order chi connectivity index (χ0) is 14.6. The third-order valence-corrected chi connectivity index (χ3v) is 2.38. The molecule has 0 fully saturated rings. The summed E-state index contributed by atoms with van der Waals surface area (Å²) < 4.78 is 12.7. The normalized spacial score (nSPS) is 12.8. The van der Waals surface area contributed by atoms with Crippen LogP contribution in [0.25, 0.3) is 0 Å². The van der Waals surface area contributed by atoms with Crippen molar-refractivity contribution < 1.29 is 19.1 Å². The molecule has 1 rings (SSSR count). The van der Waals surface area contributed by atoms with Gasteiger partial charge < -0.3 is 10.4 Å². The number of carbonyl (C=O) groups is 2. The topological polar surface area (TPSA) is 79.3 Å². The van der Waals surface area contributed by atoms with E-state index in [1.54, 1.807) is 0 Å². The first-order valence-electron chi connectivity index (χ1n) is 5.84. The number of hydrogen-bond donors (Lipinski definition) is 2. The van der Waals surface area contributed by atoms with E-state index < -0.39 is 23.7 Å². The van der Waals surface area contributed by atoms with Crippen LogP contribution in [0.5, 0.6) is 0 Å². The molecule has 0 aromatic carbocycles. The Balaban J connectivity index is 2.77. The van der Waals surface area contributed by atoms with Crippen LogP contribution in [0.4, 0.5) is 4.39 Å². The van der Waals surface area contributed by atoms with Crippen LogP contribution in [0.2, 0.25) is 0 Å². The van der Waals surface area contributed by atoms with Crippen molar-refractivity contribution in [3.8, 4) is 0 Å². The van der Waals surface area contributed by atoms with E-state index >= 15 is 0 Å². The third-order valence-electron chi connectivity index (χ3n) is 2.38. The van der Waals surface area contributed by atoms with Gasteiger partial charge in [0.05, 0.1) is 6.20 Å². The van der Waals surface area contributed by atoms with Crippen molar-refractivity contribution in [2.75, 3.05) is 0 Å². The van der Waals surface area contributed by atoms with Gasteiger partial charge in [-0.1, -0.05) is 20.8 Å². The van der Waals surface area contributed by atoms with Gasteiger partial charge in [0.25, 0.3) is 5.91 Å². The van der Waals surface area contributed by atoms with Crippen molar-refractivity contribution in [1.82, 2.24) is 10.3 Å². The van der Waals surface area contributed by atoms with Crippen LogP contribution >= 0.6 is 0 Å². The van der Waals surface area contributed by atoms with Crippen molar-refractivity contribution in [3.63, 3.8) is 0 Å². The second-order valence-electron chi connectivity index (χ2n) is 5.49. The maximum Gasteiger partial charge on any atom is 0.326 e. The molecule has 19 heavy (non-hydrogen) atoms. The quantitative estimate of drug-likeness (QED) is 0.873. The second-order valence-corrected chi connectivity index (χ2v) is 5.49. The van der Waals surface area contributed by atoms with E-state index in [0.717, 1.165) is 12.3 Å². The Morgan fingerprint density at radius 2 is 2.05 bits per heavy atom. The molecule has 0 aliphatic carbocycles. The lowest BCUT2D eigenvalue weighted by Crippen LogP contribution is -2.43. The summed E-state index contributed by atoms with van der Waals surface area (Å²) in [5.74, 6) is -2.29. The summed E-state index contributed by atoms with van der Waals surface area (Å²) >= 11 is 0. The number of carboxylic acids is 1. The monoisotopic (exact) mass is 268 g/mol. The molecule has 1 aromatic heterocycles. The molecule has 1 heterocycles. The predicted molar refractivity (Wildman–Crippen MR) is 67.2 cm³/mol. The summed E-state index contributed by atoms with van der Waals surface area (Å²) in [6.45, 7) is 5.64. The van der Waals surface area contributed by atoms with Gasteiger partial charge in [0.15, 0.2) is 0 Å². The van der Waals surface area contributed by atoms with Gasteiger partial charge in [-0.2, -0.15) is 0 Å². The Labute approximate surface area is 110 Å². The number of carbonyl (C=O) groups excluding carboxylic acids is 1. The molecule has 6 heteroatoms. The molecule has 5 nitrogen and oxygen atoms in total. The van der Waals surface area contributed by atoms with Gasteiger partial charge in [0.1, 0.15) is 17.6 Å². The minimum absolute atomic E-state index is 0.0124. The highest BCUT2D eigenvalue weighted by atomic mass is 19.1. The van der Waals surface area contributed by atoms with Gasteiger partial charge in [-0.25, -0.2) is 14.2 Å². The predicted octanol–water partition coefficient (Wildman–Crippen LogP) is 1.84. The number of nitrogens with zero attached hydrogens (tertiary/aromatic N) is 1. The maximum absolute atomic E-state index is 12.7. The highest BCUT2D eigenvalue weighted by molar-refractivity contribution is 5.94. The lowest BCUT2D eigenvalue weighted by atomic mass is 9.88. The SMILES string of the molecule is CC(C)(C)CC(NC(=O)c1ccc(F)cn1)C(=O)O. The first-order valence-corrected chi connectivity index (χ1v) is 5.84. The number of amides is 1. The Hall–Kier alpha value is -1.98. The summed E-state index contributed by atoms with van der Waals surface area (Å²) in [6.07, 6.45) is 1.20. The first-order chi connectivity index (χ1) is 8.69. The smallest absolute Gasteiger partial charge is 0.326 e. The van der Waals surface area contributed by atoms with Crippen LogP contribution in [0, 0.1) is 11.2 Å². The van der Waals surface area contributed by atoms with Gasteiger partial charge in [-0.05, 0) is 24.0 Å². The second kappa shape index (κ2) is 5.77. The summed E-state index contributed by atoms with van der Waals surface area (Å²) in [4.78, 5) is 26.5. The van der Waals surface area contributed by atoms with Crippen LogP contribution < -0.4 is 5.32 Å². The fraction of sp³-hybridized carbons (Fsp3) is 0.462. The molecule has 1 aromatic rings. The largest absolute Gasteiger partial charge is 0.480 e. The average molecular weight is 268 g/mol. The van der Waals surface area contributed by atoms with Crippen LogP contribution in [-0.2, 0) is 4.79 Å². The van der Waals surface area contributed by atoms with Crippen molar-refractivity contribution in [2.24, 2.45) is 5.41 Å². The Morgan fingerprint density at radius 3 is 2.47 bits per heavy atom. The Morgan fingerprint density at radius 1 is 1.42 bits per heavy atom. The number of rotatable bonds is 4. The van der Waals surface area contributed by atoms with Gasteiger partial charge in [-0.15, -0.1) is 0 Å². The number of carboxylic acid groups (broad SMARTS) is 1. The van der Waals surface area contributed by atoms with E-state index in [-0.39, 0.29) is 17.5 Å². The lowest BCUT2D eigenvalue weighted by molar-refractivity contribution is -0.140. The number of aromatic nitrogens is 1. The summed E-state index contributed by atoms with van der Waals surface area (Å²) in [5.41, 5.74) is -0.256. The number of nitrogens with one attached hydrogen (secondary N) is 1. The highest BCUT2D eigenvalue weighted by Gasteiger charge is 2.26. The van der Waals surface area contributed by atoms with E-state index in [2.05, 4.69) is 10.3 Å². The molecular weight excluding hydrogens is 251 g/mol. The minimum Gasteiger partial charge on any atom is -0.480 e. The zero-order valence-corrected chi connectivity index (χ0v) is 11.1. The van der Waals surface area contributed by atoms with Gasteiger partial charge in [-0.3, -0.25) is 4.79 Å². The van der Waals surface area contributed by atoms with Gasteiger partial charge >= 0.3 is 5.97 Å². The molecule has 0 spiro atoms. The van der Waals surface area contributed by atoms with Crippen LogP contribution in [0.1, 0.15) is 37.7 Å². The minimum atomic E-state index is -1.11. The first kappa shape index (κ1) is 15.1. The fourth-order valence-corrected chi connectivity index (χ4v) is 1.55. The zero-order valence-electron chi connectivity index (χ0n) is 11.1. The number of hydrogen-bond acceptors (Lipinski definition) is 3. The van der Waals surface area contributed by atoms with E-state index in [4.69, 9.17) is 5.11 Å². The Bertz CT molecular complexity index is 466. The third kappa shape index (κ3) is 5.03. The number of aliphatic carboxylic acids is 1. The maximum atomic E-state index is 12.7. The highest BCUT2D eigenvalue weighted by Crippen LogP contribution is 2.21. The molecule has 0 bridgehead atoms. The Kier molecular flexibility index (Phi) is 4.58. The molecule has 0 aliphatic rings. The van der Waals surface area contributed by atoms with Crippen LogP contribution in [-0.4, -0.2) is 28.0 Å². The van der Waals surface area contributed by atoms with Crippen molar-refractivity contribution >= 4 is 11.9 Å². The number of halogens is 1. The molecule has 0 aliphatic heterocycles. The summed E-state index contributed by atoms with van der Waals surface area (Å²) in [7, 11) is 0. The van der Waals surface area contributed by atoms with Gasteiger partial charge in [0, 0.05) is 0 Å². The molecule has 1 unspecified atom stereocenters. The molecule has 0 radical (unpaired) electrons.